The summed E-state index contributed by atoms with van der Waals surface area (Å²) in [7, 11) is 0. The summed E-state index contributed by atoms with van der Waals surface area (Å²) in [4.78, 5) is 9.44. The molecule has 0 spiro atoms. The number of anilines is 4. The van der Waals surface area contributed by atoms with Gasteiger partial charge in [0.1, 0.15) is 24.0 Å². The third kappa shape index (κ3) is 6.55. The van der Waals surface area contributed by atoms with Crippen LogP contribution in [0.2, 0.25) is 0 Å². The molecule has 0 unspecified atom stereocenters. The molecule has 0 bridgehead atoms. The molecule has 13 aromatic rings. The lowest BCUT2D eigenvalue weighted by molar-refractivity contribution is 0.483. The highest BCUT2D eigenvalue weighted by Crippen LogP contribution is 2.54. The average molecular weight is 965 g/mol. The minimum atomic E-state index is -2.67. The van der Waals surface area contributed by atoms with Crippen molar-refractivity contribution in [3.8, 4) is 39.6 Å². The second-order valence-corrected chi connectivity index (χ2v) is 20.5. The molecule has 1 aliphatic rings. The first-order chi connectivity index (χ1) is 38.5. The minimum absolute atomic E-state index is 0.167. The molecule has 1 aliphatic heterocycles. The van der Waals surface area contributed by atoms with E-state index in [4.69, 9.17) is 9.72 Å². The Morgan fingerprint density at radius 2 is 1.11 bits per heavy atom. The molecule has 7 nitrogen and oxygen atoms in total. The predicted octanol–water partition coefficient (Wildman–Crippen LogP) is 17.4. The van der Waals surface area contributed by atoms with Crippen molar-refractivity contribution in [2.75, 3.05) is 16.5 Å². The number of hydrogen-bond donors (Lipinski definition) is 0. The number of aryl methyl sites for hydroxylation is 3. The Labute approximate surface area is 438 Å². The summed E-state index contributed by atoms with van der Waals surface area (Å²) in [5.74, 6) is 2.08. The van der Waals surface area contributed by atoms with Crippen LogP contribution in [0.4, 0.5) is 22.7 Å². The van der Waals surface area contributed by atoms with Crippen LogP contribution < -0.4 is 14.5 Å². The van der Waals surface area contributed by atoms with Crippen molar-refractivity contribution in [3.63, 3.8) is 0 Å². The van der Waals surface area contributed by atoms with Crippen molar-refractivity contribution in [2.45, 2.75) is 33.1 Å². The van der Waals surface area contributed by atoms with Gasteiger partial charge in [-0.15, -0.1) is 0 Å². The quantitative estimate of drug-likeness (QED) is 0.160. The van der Waals surface area contributed by atoms with E-state index in [1.807, 2.05) is 140 Å². The molecule has 0 saturated heterocycles. The molecule has 0 aliphatic carbocycles. The van der Waals surface area contributed by atoms with E-state index in [-0.39, 0.29) is 12.1 Å². The zero-order valence-electron chi connectivity index (χ0n) is 47.4. The first-order valence-corrected chi connectivity index (χ1v) is 25.2. The topological polar surface area (TPSA) is 43.4 Å². The summed E-state index contributed by atoms with van der Waals surface area (Å²) in [6, 6.07) is 66.5. The monoisotopic (exact) mass is 964 g/mol. The summed E-state index contributed by atoms with van der Waals surface area (Å²) in [5, 5.41) is 5.18. The third-order valence-electron chi connectivity index (χ3n) is 15.1. The van der Waals surface area contributed by atoms with Crippen molar-refractivity contribution in [1.29, 1.82) is 0 Å². The van der Waals surface area contributed by atoms with E-state index >= 15 is 0 Å². The van der Waals surface area contributed by atoms with E-state index in [1.54, 1.807) is 0 Å². The molecule has 74 heavy (non-hydrogen) atoms. The molecule has 4 aromatic heterocycles. The van der Waals surface area contributed by atoms with Crippen LogP contribution in [0.25, 0.3) is 93.5 Å². The molecule has 14 rings (SSSR count). The zero-order valence-corrected chi connectivity index (χ0v) is 41.4. The first kappa shape index (κ1) is 37.7. The van der Waals surface area contributed by atoms with Gasteiger partial charge in [-0.1, -0.05) is 154 Å². The van der Waals surface area contributed by atoms with Crippen LogP contribution in [0, 0.1) is 6.92 Å². The van der Waals surface area contributed by atoms with Crippen molar-refractivity contribution in [1.82, 2.24) is 18.7 Å². The van der Waals surface area contributed by atoms with E-state index in [9.17, 15) is 8.22 Å². The van der Waals surface area contributed by atoms with E-state index < -0.39 is 14.0 Å². The van der Waals surface area contributed by atoms with Gasteiger partial charge in [0.15, 0.2) is 0 Å². The lowest BCUT2D eigenvalue weighted by Crippen LogP contribution is -2.25. The number of para-hydroxylation sites is 5. The van der Waals surface area contributed by atoms with Gasteiger partial charge in [-0.3, -0.25) is 4.57 Å². The summed E-state index contributed by atoms with van der Waals surface area (Å²) in [6.45, 7) is 3.75. The van der Waals surface area contributed by atoms with Crippen molar-refractivity contribution < 1.29 is 13.0 Å². The molecule has 358 valence electrons. The Balaban J connectivity index is 0.941. The van der Waals surface area contributed by atoms with E-state index in [2.05, 4.69) is 109 Å². The standard InChI is InChI=1S/C67H54N6O/c1-42-37-59(68-40-52(42)43-21-9-7-10-22-43)73-58-39-47(35-36-48(58)49-29-20-30-53(63(49)73)67(2,3)4)74-46-26-19-25-45(38-46)71-41-72(57-34-18-17-33-56(57)71)66-64-61(50-27-13-15-31-54(50)69(64)5)60(44-23-11-8-12-24-44)62-51-28-14-16-32-55(51)70(6)65(62)66/h7-40H,41H2,1-6H3/i5D3,6D3. The number of benzene rings is 9. The molecular weight excluding hydrogens is 905 g/mol. The smallest absolute Gasteiger partial charge is 0.137 e. The van der Waals surface area contributed by atoms with Gasteiger partial charge in [-0.25, -0.2) is 4.98 Å². The lowest BCUT2D eigenvalue weighted by Gasteiger charge is -2.26. The molecule has 0 saturated carbocycles. The molecular formula is C67H54N6O. The van der Waals surface area contributed by atoms with Crippen molar-refractivity contribution in [3.05, 3.63) is 218 Å². The van der Waals surface area contributed by atoms with E-state index in [1.165, 1.54) is 14.7 Å². The number of ether oxygens (including phenoxy) is 1. The lowest BCUT2D eigenvalue weighted by atomic mass is 9.85. The van der Waals surface area contributed by atoms with Gasteiger partial charge in [0, 0.05) is 101 Å². The number of hydrogen-bond acceptors (Lipinski definition) is 4. The number of aromatic nitrogens is 4. The maximum Gasteiger partial charge on any atom is 0.137 e. The highest BCUT2D eigenvalue weighted by molar-refractivity contribution is 6.33. The van der Waals surface area contributed by atoms with Gasteiger partial charge in [0.2, 0.25) is 0 Å². The zero-order chi connectivity index (χ0) is 55.0. The number of nitrogens with zero attached hydrogens (tertiary/aromatic N) is 6. The Bertz CT molecular complexity index is 4530. The number of pyridine rings is 1. The van der Waals surface area contributed by atoms with Crippen LogP contribution in [0.15, 0.2) is 206 Å². The first-order valence-electron chi connectivity index (χ1n) is 28.2. The number of fused-ring (bicyclic) bond motifs is 10. The van der Waals surface area contributed by atoms with Crippen molar-refractivity contribution >= 4 is 88.2 Å². The molecule has 0 atom stereocenters. The summed E-state index contributed by atoms with van der Waals surface area (Å²) >= 11 is 0. The average Bonchev–Trinajstić information content (AvgIpc) is 4.33. The largest absolute Gasteiger partial charge is 0.457 e. The van der Waals surface area contributed by atoms with Crippen LogP contribution in [-0.4, -0.2) is 25.4 Å². The van der Waals surface area contributed by atoms with Crippen molar-refractivity contribution in [2.24, 2.45) is 14.0 Å². The fraction of sp³-hybridized carbons (Fsp3) is 0.119. The molecule has 9 aromatic carbocycles. The highest BCUT2D eigenvalue weighted by Gasteiger charge is 2.35. The normalized spacial score (nSPS) is 14.4. The minimum Gasteiger partial charge on any atom is -0.457 e. The Kier molecular flexibility index (Phi) is 8.39. The van der Waals surface area contributed by atoms with E-state index in [0.717, 1.165) is 94.0 Å². The van der Waals surface area contributed by atoms with Crippen LogP contribution in [0.5, 0.6) is 11.5 Å². The van der Waals surface area contributed by atoms with Gasteiger partial charge >= 0.3 is 0 Å². The van der Waals surface area contributed by atoms with Gasteiger partial charge in [0.25, 0.3) is 0 Å². The predicted molar refractivity (Wildman–Crippen MR) is 309 cm³/mol. The molecule has 0 amide bonds. The number of rotatable bonds is 7. The van der Waals surface area contributed by atoms with Crippen LogP contribution >= 0.6 is 0 Å². The summed E-state index contributed by atoms with van der Waals surface area (Å²) in [6.07, 6.45) is 1.98. The molecule has 5 heterocycles. The summed E-state index contributed by atoms with van der Waals surface area (Å²) < 4.78 is 67.6. The van der Waals surface area contributed by atoms with Gasteiger partial charge < -0.3 is 23.7 Å². The molecule has 7 heteroatoms. The summed E-state index contributed by atoms with van der Waals surface area (Å²) in [5.41, 5.74) is 12.9. The Morgan fingerprint density at radius 3 is 1.77 bits per heavy atom. The van der Waals surface area contributed by atoms with Crippen LogP contribution in [0.3, 0.4) is 0 Å². The fourth-order valence-corrected chi connectivity index (χ4v) is 11.8. The molecule has 0 fully saturated rings. The van der Waals surface area contributed by atoms with E-state index in [0.29, 0.717) is 39.3 Å². The van der Waals surface area contributed by atoms with Gasteiger partial charge in [-0.2, -0.15) is 0 Å². The Hall–Kier alpha value is -9.07. The maximum absolute atomic E-state index is 9.26. The van der Waals surface area contributed by atoms with Gasteiger partial charge in [0.05, 0.1) is 39.1 Å². The fourth-order valence-electron chi connectivity index (χ4n) is 11.8. The molecule has 0 N–H and O–H groups in total. The Morgan fingerprint density at radius 1 is 0.514 bits per heavy atom. The SMILES string of the molecule is [2H]C([2H])([2H])n1c2ccccc2c2c(-c3ccccc3)c3c4ccccc4n(C([2H])([2H])[2H])c3c(N3CN(c4cccc(Oc5ccc6c7cccc(C(C)(C)C)c7n(-c7cc(C)c(-c8ccccc8)cn7)c6c5)c4)c4ccccc43)c21. The molecule has 0 radical (unpaired) electrons. The second kappa shape index (κ2) is 16.5. The maximum atomic E-state index is 9.26. The van der Waals surface area contributed by atoms with Crippen LogP contribution in [-0.2, 0) is 19.4 Å². The second-order valence-electron chi connectivity index (χ2n) is 20.5. The van der Waals surface area contributed by atoms with Gasteiger partial charge in [-0.05, 0) is 89.2 Å². The third-order valence-corrected chi connectivity index (χ3v) is 15.1. The highest BCUT2D eigenvalue weighted by atomic mass is 16.5. The van der Waals surface area contributed by atoms with Crippen LogP contribution in [0.1, 0.15) is 40.1 Å².